The fourth-order valence-electron chi connectivity index (χ4n) is 5.62. The Hall–Kier alpha value is -3.48. The van der Waals surface area contributed by atoms with E-state index in [1.54, 1.807) is 18.2 Å². The Balaban J connectivity index is 1.07. The van der Waals surface area contributed by atoms with Gasteiger partial charge in [0.15, 0.2) is 0 Å². The summed E-state index contributed by atoms with van der Waals surface area (Å²) in [6, 6.07) is 13.2. The third-order valence-electron chi connectivity index (χ3n) is 8.24. The highest BCUT2D eigenvalue weighted by molar-refractivity contribution is 7.89. The molecular weight excluding hydrogens is 552 g/mol. The van der Waals surface area contributed by atoms with Crippen molar-refractivity contribution < 1.29 is 12.8 Å². The number of fused-ring (bicyclic) bond motifs is 1. The van der Waals surface area contributed by atoms with E-state index in [2.05, 4.69) is 59.2 Å². The highest BCUT2D eigenvalue weighted by atomic mass is 32.2. The molecule has 0 atom stereocenters. The maximum atomic E-state index is 13.3. The zero-order valence-corrected chi connectivity index (χ0v) is 25.5. The van der Waals surface area contributed by atoms with E-state index in [9.17, 15) is 8.42 Å². The molecule has 0 unspecified atom stereocenters. The summed E-state index contributed by atoms with van der Waals surface area (Å²) in [5.41, 5.74) is 3.27. The number of piperazine rings is 1. The number of anilines is 3. The molecule has 2 aliphatic rings. The zero-order valence-electron chi connectivity index (χ0n) is 24.7. The Labute approximate surface area is 247 Å². The minimum atomic E-state index is -3.70. The zero-order chi connectivity index (χ0) is 29.5. The van der Waals surface area contributed by atoms with Crippen LogP contribution in [0.5, 0.6) is 0 Å². The highest BCUT2D eigenvalue weighted by Gasteiger charge is 2.31. The van der Waals surface area contributed by atoms with Crippen LogP contribution in [0.3, 0.4) is 0 Å². The summed E-state index contributed by atoms with van der Waals surface area (Å²) in [5, 5.41) is 11.8. The number of benzene rings is 2. The van der Waals surface area contributed by atoms with Gasteiger partial charge in [0.05, 0.1) is 15.9 Å². The smallest absolute Gasteiger partial charge is 0.240 e. The number of hydrogen-bond donors (Lipinski definition) is 3. The predicted octanol–water partition coefficient (Wildman–Crippen LogP) is 4.74. The molecule has 0 amide bonds. The largest absolute Gasteiger partial charge is 0.424 e. The number of rotatable bonds is 7. The van der Waals surface area contributed by atoms with Crippen molar-refractivity contribution in [3.8, 4) is 0 Å². The van der Waals surface area contributed by atoms with Crippen LogP contribution in [-0.2, 0) is 15.4 Å². The molecule has 0 radical (unpaired) electrons. The minimum Gasteiger partial charge on any atom is -0.424 e. The van der Waals surface area contributed by atoms with E-state index in [1.807, 2.05) is 32.9 Å². The molecule has 3 N–H and O–H groups in total. The lowest BCUT2D eigenvalue weighted by molar-refractivity contribution is 0.304. The van der Waals surface area contributed by atoms with Crippen molar-refractivity contribution >= 4 is 38.4 Å². The quantitative estimate of drug-likeness (QED) is 0.278. The van der Waals surface area contributed by atoms with Gasteiger partial charge in [0.1, 0.15) is 0 Å². The molecule has 4 aromatic rings. The van der Waals surface area contributed by atoms with E-state index in [0.717, 1.165) is 50.2 Å². The van der Waals surface area contributed by atoms with E-state index in [4.69, 9.17) is 4.42 Å². The average molecular weight is 593 g/mol. The van der Waals surface area contributed by atoms with Gasteiger partial charge in [-0.3, -0.25) is 0 Å². The topological polar surface area (TPSA) is 132 Å². The lowest BCUT2D eigenvalue weighted by atomic mass is 9.86. The molecule has 3 heterocycles. The third kappa shape index (κ3) is 6.30. The van der Waals surface area contributed by atoms with Gasteiger partial charge in [0.2, 0.25) is 27.8 Å². The van der Waals surface area contributed by atoms with Gasteiger partial charge >= 0.3 is 0 Å². The van der Waals surface area contributed by atoms with Crippen LogP contribution in [-0.4, -0.2) is 72.8 Å². The summed E-state index contributed by atoms with van der Waals surface area (Å²) < 4.78 is 35.4. The Bertz CT molecular complexity index is 1620. The van der Waals surface area contributed by atoms with Crippen LogP contribution in [0.2, 0.25) is 0 Å². The van der Waals surface area contributed by atoms with Crippen LogP contribution in [0.15, 0.2) is 51.8 Å². The molecule has 1 aliphatic heterocycles. The minimum absolute atomic E-state index is 0.141. The van der Waals surface area contributed by atoms with Gasteiger partial charge in [0.25, 0.3) is 0 Å². The van der Waals surface area contributed by atoms with E-state index >= 15 is 0 Å². The summed E-state index contributed by atoms with van der Waals surface area (Å²) in [6.07, 6.45) is 3.01. The molecule has 0 bridgehead atoms. The van der Waals surface area contributed by atoms with E-state index < -0.39 is 10.0 Å². The summed E-state index contributed by atoms with van der Waals surface area (Å²) in [6.45, 7) is 10.3. The maximum absolute atomic E-state index is 13.3. The third-order valence-corrected chi connectivity index (χ3v) is 9.76. The van der Waals surface area contributed by atoms with Crippen LogP contribution in [0.1, 0.15) is 64.2 Å². The van der Waals surface area contributed by atoms with Gasteiger partial charge in [-0.05, 0) is 75.2 Å². The Kier molecular flexibility index (Phi) is 7.71. The first-order chi connectivity index (χ1) is 20.0. The molecule has 2 aromatic carbocycles. The van der Waals surface area contributed by atoms with E-state index in [0.29, 0.717) is 36.1 Å². The molecule has 1 saturated heterocycles. The first kappa shape index (κ1) is 28.6. The second kappa shape index (κ2) is 11.3. The maximum Gasteiger partial charge on any atom is 0.240 e. The average Bonchev–Trinajstić information content (AvgIpc) is 3.61. The number of H-pyrrole nitrogens is 1. The monoisotopic (exact) mass is 592 g/mol. The molecule has 1 saturated carbocycles. The number of aromatic amines is 1. The summed E-state index contributed by atoms with van der Waals surface area (Å²) in [7, 11) is -1.55. The molecule has 2 aromatic heterocycles. The summed E-state index contributed by atoms with van der Waals surface area (Å²) >= 11 is 0. The number of nitrogens with zero attached hydrogens (tertiary/aromatic N) is 5. The van der Waals surface area contributed by atoms with Crippen LogP contribution in [0.4, 0.5) is 17.3 Å². The van der Waals surface area contributed by atoms with Crippen molar-refractivity contribution in [2.75, 3.05) is 43.4 Å². The first-order valence-corrected chi connectivity index (χ1v) is 16.2. The van der Waals surface area contributed by atoms with Gasteiger partial charge < -0.3 is 24.5 Å². The molecule has 12 heteroatoms. The number of nitrogens with one attached hydrogen (secondary N) is 3. The Morgan fingerprint density at radius 3 is 2.33 bits per heavy atom. The molecular formula is C30H40N8O3S. The fourth-order valence-corrected chi connectivity index (χ4v) is 6.94. The second-order valence-corrected chi connectivity index (χ2v) is 14.3. The molecule has 0 spiro atoms. The van der Waals surface area contributed by atoms with E-state index in [-0.39, 0.29) is 22.3 Å². The van der Waals surface area contributed by atoms with Crippen molar-refractivity contribution in [2.45, 2.75) is 68.7 Å². The van der Waals surface area contributed by atoms with Gasteiger partial charge in [-0.25, -0.2) is 18.1 Å². The lowest BCUT2D eigenvalue weighted by Crippen LogP contribution is -2.44. The van der Waals surface area contributed by atoms with Gasteiger partial charge in [-0.2, -0.15) is 0 Å². The van der Waals surface area contributed by atoms with Crippen LogP contribution < -0.4 is 14.9 Å². The van der Waals surface area contributed by atoms with Crippen LogP contribution >= 0.6 is 0 Å². The molecule has 42 heavy (non-hydrogen) atoms. The number of imidazole rings is 1. The summed E-state index contributed by atoms with van der Waals surface area (Å²) in [5.74, 6) is 2.00. The number of sulfonamides is 1. The van der Waals surface area contributed by atoms with Crippen molar-refractivity contribution in [3.63, 3.8) is 0 Å². The molecule has 6 rings (SSSR count). The molecule has 1 aliphatic carbocycles. The molecule has 2 fully saturated rings. The fraction of sp³-hybridized carbons (Fsp3) is 0.500. The highest BCUT2D eigenvalue weighted by Crippen LogP contribution is 2.34. The van der Waals surface area contributed by atoms with E-state index in [1.165, 1.54) is 5.69 Å². The number of likely N-dealkylation sites (N-methyl/N-ethyl adjacent to an activating group) is 1. The SMILES string of the molecule is CN1CCN(c2ccc(Nc3nc4cc(S(=O)(=O)N[C@H]5CC[C@H](c6nnc(C(C)(C)C)o6)CC5)ccc4[nH]3)cc2)CC1. The van der Waals surface area contributed by atoms with Crippen molar-refractivity contribution in [2.24, 2.45) is 0 Å². The van der Waals surface area contributed by atoms with Gasteiger partial charge in [-0.15, -0.1) is 10.2 Å². The predicted molar refractivity (Wildman–Crippen MR) is 164 cm³/mol. The summed E-state index contributed by atoms with van der Waals surface area (Å²) in [4.78, 5) is 12.8. The number of hydrogen-bond acceptors (Lipinski definition) is 9. The Morgan fingerprint density at radius 2 is 1.67 bits per heavy atom. The standard InChI is InChI=1S/C30H40N8O3S/c1-30(2,3)28-35-34-27(41-28)20-5-7-22(8-6-20)36-42(39,40)24-13-14-25-26(19-24)33-29(32-25)31-21-9-11-23(12-10-21)38-17-15-37(4)16-18-38/h9-14,19-20,22,36H,5-8,15-18H2,1-4H3,(H2,31,32,33)/t20-,22-. The van der Waals surface area contributed by atoms with Crippen molar-refractivity contribution in [1.82, 2.24) is 29.8 Å². The molecule has 224 valence electrons. The molecule has 11 nitrogen and oxygen atoms in total. The van der Waals surface area contributed by atoms with Crippen LogP contribution in [0, 0.1) is 0 Å². The Morgan fingerprint density at radius 1 is 0.952 bits per heavy atom. The van der Waals surface area contributed by atoms with Crippen molar-refractivity contribution in [3.05, 3.63) is 54.2 Å². The second-order valence-electron chi connectivity index (χ2n) is 12.6. The first-order valence-electron chi connectivity index (χ1n) is 14.7. The normalized spacial score (nSPS) is 20.7. The van der Waals surface area contributed by atoms with Gasteiger partial charge in [0, 0.05) is 54.9 Å². The van der Waals surface area contributed by atoms with Crippen LogP contribution in [0.25, 0.3) is 11.0 Å². The van der Waals surface area contributed by atoms with Gasteiger partial charge in [-0.1, -0.05) is 20.8 Å². The lowest BCUT2D eigenvalue weighted by Gasteiger charge is -2.34. The number of aromatic nitrogens is 4. The van der Waals surface area contributed by atoms with Crippen molar-refractivity contribution in [1.29, 1.82) is 0 Å².